The highest BCUT2D eigenvalue weighted by molar-refractivity contribution is 5.89. The topological polar surface area (TPSA) is 105 Å². The van der Waals surface area contributed by atoms with E-state index >= 15 is 0 Å². The van der Waals surface area contributed by atoms with Crippen LogP contribution in [0.25, 0.3) is 0 Å². The first kappa shape index (κ1) is 22.8. The summed E-state index contributed by atoms with van der Waals surface area (Å²) in [6.07, 6.45) is -1.85. The minimum absolute atomic E-state index is 0.0300. The second kappa shape index (κ2) is 10.3. The van der Waals surface area contributed by atoms with Crippen molar-refractivity contribution in [2.45, 2.75) is 76.8 Å². The Morgan fingerprint density at radius 2 is 1.61 bits per heavy atom. The average molecular weight is 396 g/mol. The minimum atomic E-state index is -0.944. The average Bonchev–Trinajstić information content (AvgIpc) is 3.12. The number of esters is 1. The van der Waals surface area contributed by atoms with Gasteiger partial charge < -0.3 is 29.5 Å². The third kappa shape index (κ3) is 5.30. The van der Waals surface area contributed by atoms with Crippen LogP contribution in [0.5, 0.6) is 0 Å². The Morgan fingerprint density at radius 3 is 2.04 bits per heavy atom. The summed E-state index contributed by atoms with van der Waals surface area (Å²) in [6, 6.07) is 9.09. The summed E-state index contributed by atoms with van der Waals surface area (Å²) in [6.45, 7) is 7.55. The van der Waals surface area contributed by atoms with Crippen LogP contribution in [0.3, 0.4) is 0 Å². The second-order valence-corrected chi connectivity index (χ2v) is 7.43. The summed E-state index contributed by atoms with van der Waals surface area (Å²) in [4.78, 5) is 12.0. The molecule has 2 saturated heterocycles. The van der Waals surface area contributed by atoms with Crippen molar-refractivity contribution in [3.63, 3.8) is 0 Å². The molecule has 1 aromatic carbocycles. The van der Waals surface area contributed by atoms with Crippen LogP contribution in [0, 0.1) is 5.92 Å². The van der Waals surface area contributed by atoms with Crippen molar-refractivity contribution in [3.05, 3.63) is 35.9 Å². The molecule has 2 aliphatic rings. The summed E-state index contributed by atoms with van der Waals surface area (Å²) in [5.41, 5.74) is 0.594. The van der Waals surface area contributed by atoms with Gasteiger partial charge in [-0.2, -0.15) is 0 Å². The van der Waals surface area contributed by atoms with E-state index in [0.29, 0.717) is 5.56 Å². The fourth-order valence-electron chi connectivity index (χ4n) is 3.64. The van der Waals surface area contributed by atoms with Crippen molar-refractivity contribution in [1.29, 1.82) is 0 Å². The molecular formula is C21H32O7. The molecule has 0 aromatic heterocycles. The zero-order valence-corrected chi connectivity index (χ0v) is 16.9. The summed E-state index contributed by atoms with van der Waals surface area (Å²) < 4.78 is 16.4. The first-order valence-electron chi connectivity index (χ1n) is 9.84. The number of aliphatic hydroxyl groups is 3. The van der Waals surface area contributed by atoms with E-state index < -0.39 is 18.3 Å². The van der Waals surface area contributed by atoms with E-state index in [1.165, 1.54) is 0 Å². The van der Waals surface area contributed by atoms with Gasteiger partial charge in [-0.05, 0) is 32.4 Å². The summed E-state index contributed by atoms with van der Waals surface area (Å²) >= 11 is 0. The van der Waals surface area contributed by atoms with Gasteiger partial charge in [0.15, 0.2) is 0 Å². The molecule has 0 unspecified atom stereocenters. The predicted octanol–water partition coefficient (Wildman–Crippen LogP) is 1.53. The smallest absolute Gasteiger partial charge is 0.338 e. The number of rotatable bonds is 4. The number of benzene rings is 1. The van der Waals surface area contributed by atoms with Crippen LogP contribution < -0.4 is 0 Å². The van der Waals surface area contributed by atoms with Gasteiger partial charge in [0, 0.05) is 5.92 Å². The highest BCUT2D eigenvalue weighted by Gasteiger charge is 2.41. The largest absolute Gasteiger partial charge is 0.456 e. The van der Waals surface area contributed by atoms with Gasteiger partial charge in [0.25, 0.3) is 0 Å². The maximum atomic E-state index is 12.0. The van der Waals surface area contributed by atoms with Crippen molar-refractivity contribution < 1.29 is 34.3 Å². The molecule has 0 aliphatic carbocycles. The normalized spacial score (nSPS) is 37.2. The van der Waals surface area contributed by atoms with Gasteiger partial charge in [-0.1, -0.05) is 32.0 Å². The number of ether oxygens (including phenoxy) is 3. The van der Waals surface area contributed by atoms with Gasteiger partial charge in [0.2, 0.25) is 0 Å². The molecule has 8 atom stereocenters. The number of hydrogen-bond acceptors (Lipinski definition) is 7. The molecule has 3 rings (SSSR count). The van der Waals surface area contributed by atoms with Crippen molar-refractivity contribution in [3.8, 4) is 0 Å². The van der Waals surface area contributed by atoms with Crippen LogP contribution in [0.15, 0.2) is 30.3 Å². The highest BCUT2D eigenvalue weighted by Crippen LogP contribution is 2.31. The van der Waals surface area contributed by atoms with E-state index in [4.69, 9.17) is 29.5 Å². The van der Waals surface area contributed by atoms with E-state index in [-0.39, 0.29) is 42.9 Å². The lowest BCUT2D eigenvalue weighted by atomic mass is 9.97. The van der Waals surface area contributed by atoms with E-state index in [2.05, 4.69) is 13.8 Å². The van der Waals surface area contributed by atoms with Gasteiger partial charge in [-0.3, -0.25) is 0 Å². The summed E-state index contributed by atoms with van der Waals surface area (Å²) in [7, 11) is 0. The third-order valence-electron chi connectivity index (χ3n) is 5.39. The van der Waals surface area contributed by atoms with Gasteiger partial charge in [-0.15, -0.1) is 0 Å². The van der Waals surface area contributed by atoms with Gasteiger partial charge in [0.1, 0.15) is 24.4 Å². The maximum Gasteiger partial charge on any atom is 0.338 e. The van der Waals surface area contributed by atoms with Crippen molar-refractivity contribution >= 4 is 5.97 Å². The lowest BCUT2D eigenvalue weighted by Gasteiger charge is -2.19. The molecule has 158 valence electrons. The van der Waals surface area contributed by atoms with Crippen molar-refractivity contribution in [2.75, 3.05) is 6.61 Å². The second-order valence-electron chi connectivity index (χ2n) is 7.43. The third-order valence-corrected chi connectivity index (χ3v) is 5.39. The Hall–Kier alpha value is -1.51. The van der Waals surface area contributed by atoms with Gasteiger partial charge in [-0.25, -0.2) is 4.79 Å². The van der Waals surface area contributed by atoms with Crippen molar-refractivity contribution in [2.24, 2.45) is 5.92 Å². The van der Waals surface area contributed by atoms with Crippen LogP contribution in [-0.2, 0) is 14.2 Å². The van der Waals surface area contributed by atoms with Gasteiger partial charge in [0.05, 0.1) is 30.5 Å². The first-order valence-corrected chi connectivity index (χ1v) is 9.84. The van der Waals surface area contributed by atoms with Crippen LogP contribution in [0.2, 0.25) is 0 Å². The quantitative estimate of drug-likeness (QED) is 0.663. The first-order chi connectivity index (χ1) is 13.3. The SMILES string of the molecule is CC[C@@H]1O[C@H](C)[C@@H](OC(=O)c2ccccc2)[C@H]1C.C[C@H]1O[C@@H](CO)[C@H](O)[C@@H]1O. The highest BCUT2D eigenvalue weighted by atomic mass is 16.6. The standard InChI is InChI=1S/C15H20O3.C6H12O4/c1-4-13-10(2)14(11(3)17-13)18-15(16)12-8-6-5-7-9-12;1-3-5(8)6(9)4(2-7)10-3/h5-11,13-14H,4H2,1-3H3;3-9H,2H2,1H3/t10-,11+,13-,14-;3-,4+,5-,6+/m01/s1. The van der Waals surface area contributed by atoms with Crippen molar-refractivity contribution in [1.82, 2.24) is 0 Å². The van der Waals surface area contributed by atoms with E-state index in [9.17, 15) is 4.79 Å². The molecule has 1 aromatic rings. The Morgan fingerprint density at radius 1 is 1.00 bits per heavy atom. The number of carbonyl (C=O) groups is 1. The number of aliphatic hydroxyl groups excluding tert-OH is 3. The van der Waals surface area contributed by atoms with Crippen LogP contribution in [-0.4, -0.2) is 70.6 Å². The lowest BCUT2D eigenvalue weighted by Crippen LogP contribution is -2.33. The van der Waals surface area contributed by atoms with Crippen LogP contribution in [0.4, 0.5) is 0 Å². The molecule has 2 heterocycles. The zero-order valence-electron chi connectivity index (χ0n) is 16.9. The Bertz CT molecular complexity index is 608. The Balaban J connectivity index is 0.000000237. The van der Waals surface area contributed by atoms with Gasteiger partial charge >= 0.3 is 5.97 Å². The summed E-state index contributed by atoms with van der Waals surface area (Å²) in [5, 5.41) is 26.8. The molecule has 0 bridgehead atoms. The maximum absolute atomic E-state index is 12.0. The predicted molar refractivity (Wildman–Crippen MR) is 103 cm³/mol. The Kier molecular flexibility index (Phi) is 8.39. The van der Waals surface area contributed by atoms with E-state index in [1.807, 2.05) is 25.1 Å². The fourth-order valence-corrected chi connectivity index (χ4v) is 3.64. The number of hydrogen-bond donors (Lipinski definition) is 3. The van der Waals surface area contributed by atoms with Crippen LogP contribution in [0.1, 0.15) is 44.5 Å². The molecule has 7 nitrogen and oxygen atoms in total. The minimum Gasteiger partial charge on any atom is -0.456 e. The van der Waals surface area contributed by atoms with E-state index in [0.717, 1.165) is 6.42 Å². The summed E-state index contributed by atoms with van der Waals surface area (Å²) in [5.74, 6) is -0.0164. The molecular weight excluding hydrogens is 364 g/mol. The van der Waals surface area contributed by atoms with Crippen LogP contribution >= 0.6 is 0 Å². The van der Waals surface area contributed by atoms with E-state index in [1.54, 1.807) is 19.1 Å². The molecule has 0 spiro atoms. The molecule has 2 fully saturated rings. The number of carbonyl (C=O) groups excluding carboxylic acids is 1. The molecule has 7 heteroatoms. The zero-order chi connectivity index (χ0) is 20.8. The molecule has 2 aliphatic heterocycles. The Labute approximate surface area is 166 Å². The molecule has 28 heavy (non-hydrogen) atoms. The fraction of sp³-hybridized carbons (Fsp3) is 0.667. The lowest BCUT2D eigenvalue weighted by molar-refractivity contribution is -0.0171. The molecule has 0 saturated carbocycles. The molecule has 0 amide bonds. The monoisotopic (exact) mass is 396 g/mol. The molecule has 3 N–H and O–H groups in total. The molecule has 0 radical (unpaired) electrons.